The van der Waals surface area contributed by atoms with Gasteiger partial charge in [0.2, 0.25) is 0 Å². The quantitative estimate of drug-likeness (QED) is 0.566. The van der Waals surface area contributed by atoms with E-state index >= 15 is 0 Å². The number of alkyl halides is 7. The van der Waals surface area contributed by atoms with Crippen molar-refractivity contribution in [2.75, 3.05) is 14.2 Å². The van der Waals surface area contributed by atoms with Crippen LogP contribution in [-0.4, -0.2) is 41.5 Å². The highest BCUT2D eigenvalue weighted by atomic mass is 28.3. The Morgan fingerprint density at radius 3 is 1.50 bits per heavy atom. The lowest BCUT2D eigenvalue weighted by atomic mass is 10.2. The first-order valence-corrected chi connectivity index (χ1v) is 5.28. The van der Waals surface area contributed by atoms with Crippen molar-refractivity contribution in [1.29, 1.82) is 0 Å². The number of hydrogen-bond acceptors (Lipinski definition) is 2. The molecule has 16 heavy (non-hydrogen) atoms. The van der Waals surface area contributed by atoms with Crippen LogP contribution in [0.3, 0.4) is 0 Å². The molecule has 0 rings (SSSR count). The molecule has 97 valence electrons. The van der Waals surface area contributed by atoms with Crippen LogP contribution in [0.4, 0.5) is 30.7 Å². The van der Waals surface area contributed by atoms with Gasteiger partial charge in [0.05, 0.1) is 6.04 Å². The summed E-state index contributed by atoms with van der Waals surface area (Å²) in [6.07, 6.45) is -6.31. The number of halogens is 7. The first-order valence-electron chi connectivity index (χ1n) is 3.75. The smallest absolute Gasteiger partial charge is 0.397 e. The molecular formula is C6H8F7O2Si. The standard InChI is InChI=1S/C6H8F7O2Si/c1-14-16(15-2)3-4(7,8)5(9,10)6(11,12)13/h3H2,1-2H3. The second kappa shape index (κ2) is 4.88. The van der Waals surface area contributed by atoms with Gasteiger partial charge in [-0.1, -0.05) is 0 Å². The van der Waals surface area contributed by atoms with Crippen LogP contribution >= 0.6 is 0 Å². The molecule has 2 nitrogen and oxygen atoms in total. The molecule has 0 N–H and O–H groups in total. The van der Waals surface area contributed by atoms with Gasteiger partial charge in [-0.05, 0) is 0 Å². The normalized spacial score (nSPS) is 14.6. The van der Waals surface area contributed by atoms with Crippen molar-refractivity contribution in [3.63, 3.8) is 0 Å². The van der Waals surface area contributed by atoms with Crippen molar-refractivity contribution >= 4 is 9.28 Å². The van der Waals surface area contributed by atoms with Gasteiger partial charge in [-0.3, -0.25) is 0 Å². The van der Waals surface area contributed by atoms with Crippen LogP contribution in [0.25, 0.3) is 0 Å². The van der Waals surface area contributed by atoms with Crippen molar-refractivity contribution in [3.8, 4) is 0 Å². The first kappa shape index (κ1) is 15.6. The zero-order valence-corrected chi connectivity index (χ0v) is 9.17. The molecule has 0 aliphatic rings. The van der Waals surface area contributed by atoms with Crippen molar-refractivity contribution in [2.24, 2.45) is 0 Å². The lowest BCUT2D eigenvalue weighted by Crippen LogP contribution is -2.53. The van der Waals surface area contributed by atoms with E-state index in [1.807, 2.05) is 0 Å². The average Bonchev–Trinajstić information content (AvgIpc) is 2.12. The van der Waals surface area contributed by atoms with Gasteiger partial charge in [-0.2, -0.15) is 30.7 Å². The molecule has 0 heterocycles. The molecule has 1 radical (unpaired) electrons. The van der Waals surface area contributed by atoms with Gasteiger partial charge in [0.25, 0.3) is 0 Å². The Labute approximate surface area is 88.2 Å². The van der Waals surface area contributed by atoms with Gasteiger partial charge in [0.15, 0.2) is 0 Å². The van der Waals surface area contributed by atoms with Gasteiger partial charge in [0, 0.05) is 14.2 Å². The Kier molecular flexibility index (Phi) is 4.77. The van der Waals surface area contributed by atoms with E-state index < -0.39 is 33.3 Å². The van der Waals surface area contributed by atoms with Gasteiger partial charge in [0.1, 0.15) is 0 Å². The largest absolute Gasteiger partial charge is 0.459 e. The van der Waals surface area contributed by atoms with E-state index in [1.165, 1.54) is 0 Å². The molecule has 0 aromatic heterocycles. The Morgan fingerprint density at radius 2 is 1.25 bits per heavy atom. The topological polar surface area (TPSA) is 18.5 Å². The zero-order valence-electron chi connectivity index (χ0n) is 8.17. The maximum absolute atomic E-state index is 12.7. The highest BCUT2D eigenvalue weighted by Gasteiger charge is 2.73. The first-order chi connectivity index (χ1) is 6.99. The van der Waals surface area contributed by atoms with E-state index in [0.29, 0.717) is 0 Å². The summed E-state index contributed by atoms with van der Waals surface area (Å²) in [4.78, 5) is 0. The van der Waals surface area contributed by atoms with Gasteiger partial charge in [-0.15, -0.1) is 0 Å². The highest BCUT2D eigenvalue weighted by molar-refractivity contribution is 6.44. The van der Waals surface area contributed by atoms with E-state index in [2.05, 4.69) is 8.85 Å². The second-order valence-corrected chi connectivity index (χ2v) is 4.65. The molecule has 0 fully saturated rings. The summed E-state index contributed by atoms with van der Waals surface area (Å²) in [5.74, 6) is -11.4. The second-order valence-electron chi connectivity index (χ2n) is 2.73. The summed E-state index contributed by atoms with van der Waals surface area (Å²) in [6, 6.07) is -1.79. The molecule has 0 saturated heterocycles. The fourth-order valence-corrected chi connectivity index (χ4v) is 1.77. The van der Waals surface area contributed by atoms with Gasteiger partial charge >= 0.3 is 27.3 Å². The van der Waals surface area contributed by atoms with E-state index in [1.54, 1.807) is 0 Å². The van der Waals surface area contributed by atoms with E-state index in [4.69, 9.17) is 0 Å². The summed E-state index contributed by atoms with van der Waals surface area (Å²) < 4.78 is 93.7. The Hall–Kier alpha value is -0.353. The van der Waals surface area contributed by atoms with Crippen LogP contribution < -0.4 is 0 Å². The fraction of sp³-hybridized carbons (Fsp3) is 1.00. The van der Waals surface area contributed by atoms with Crippen molar-refractivity contribution in [1.82, 2.24) is 0 Å². The fourth-order valence-electron chi connectivity index (χ4n) is 0.727. The van der Waals surface area contributed by atoms with Crippen LogP contribution in [-0.2, 0) is 8.85 Å². The predicted molar refractivity (Wildman–Crippen MR) is 40.5 cm³/mol. The van der Waals surface area contributed by atoms with E-state index in [0.717, 1.165) is 14.2 Å². The zero-order chi connectivity index (χ0) is 13.2. The van der Waals surface area contributed by atoms with Crippen molar-refractivity contribution in [3.05, 3.63) is 0 Å². The summed E-state index contributed by atoms with van der Waals surface area (Å²) >= 11 is 0. The number of hydrogen-bond donors (Lipinski definition) is 0. The molecule has 0 amide bonds. The molecule has 0 aromatic carbocycles. The minimum Gasteiger partial charge on any atom is -0.397 e. The van der Waals surface area contributed by atoms with E-state index in [-0.39, 0.29) is 0 Å². The molecule has 0 aromatic rings. The molecular weight excluding hydrogens is 265 g/mol. The Balaban J connectivity index is 4.90. The Bertz CT molecular complexity index is 225. The Morgan fingerprint density at radius 1 is 0.875 bits per heavy atom. The SMILES string of the molecule is CO[Si](CC(F)(F)C(F)(F)C(F)(F)F)OC. The summed E-state index contributed by atoms with van der Waals surface area (Å²) in [6.45, 7) is 0. The van der Waals surface area contributed by atoms with Gasteiger partial charge in [-0.25, -0.2) is 0 Å². The minimum atomic E-state index is -6.31. The van der Waals surface area contributed by atoms with Crippen LogP contribution in [0.2, 0.25) is 6.04 Å². The van der Waals surface area contributed by atoms with Crippen LogP contribution in [0.5, 0.6) is 0 Å². The van der Waals surface area contributed by atoms with Crippen LogP contribution in [0, 0.1) is 0 Å². The monoisotopic (exact) mass is 273 g/mol. The van der Waals surface area contributed by atoms with E-state index in [9.17, 15) is 30.7 Å². The number of rotatable bonds is 5. The maximum atomic E-state index is 12.7. The van der Waals surface area contributed by atoms with Crippen LogP contribution in [0.15, 0.2) is 0 Å². The third-order valence-corrected chi connectivity index (χ3v) is 3.28. The third-order valence-electron chi connectivity index (χ3n) is 1.64. The minimum absolute atomic E-state index is 0.888. The van der Waals surface area contributed by atoms with Crippen molar-refractivity contribution in [2.45, 2.75) is 24.1 Å². The molecule has 0 atom stereocenters. The molecule has 0 aliphatic carbocycles. The maximum Gasteiger partial charge on any atom is 0.459 e. The lowest BCUT2D eigenvalue weighted by molar-refractivity contribution is -0.350. The molecule has 10 heteroatoms. The molecule has 0 unspecified atom stereocenters. The van der Waals surface area contributed by atoms with Gasteiger partial charge < -0.3 is 8.85 Å². The predicted octanol–water partition coefficient (Wildman–Crippen LogP) is 2.60. The summed E-state index contributed by atoms with van der Waals surface area (Å²) in [5, 5.41) is 0. The highest BCUT2D eigenvalue weighted by Crippen LogP contribution is 2.48. The summed E-state index contributed by atoms with van der Waals surface area (Å²) in [7, 11) is -1.08. The van der Waals surface area contributed by atoms with Crippen LogP contribution in [0.1, 0.15) is 0 Å². The third kappa shape index (κ3) is 3.07. The lowest BCUT2D eigenvalue weighted by Gasteiger charge is -2.28. The molecule has 0 saturated carbocycles. The summed E-state index contributed by atoms with van der Waals surface area (Å²) in [5.41, 5.74) is 0. The average molecular weight is 273 g/mol. The molecule has 0 bridgehead atoms. The molecule has 0 aliphatic heterocycles. The van der Waals surface area contributed by atoms with Crippen molar-refractivity contribution < 1.29 is 39.6 Å². The molecule has 0 spiro atoms.